The van der Waals surface area contributed by atoms with Crippen LogP contribution < -0.4 is 5.32 Å². The van der Waals surface area contributed by atoms with Crippen LogP contribution in [0.2, 0.25) is 0 Å². The van der Waals surface area contributed by atoms with Crippen LogP contribution in [0.25, 0.3) is 0 Å². The lowest BCUT2D eigenvalue weighted by atomic mass is 9.95. The fraction of sp³-hybridized carbons (Fsp3) is 0.882. The van der Waals surface area contributed by atoms with Crippen LogP contribution in [0.15, 0.2) is 11.8 Å². The molecule has 0 spiro atoms. The minimum atomic E-state index is 0.540. The number of nitrogens with one attached hydrogen (secondary N) is 1. The van der Waals surface area contributed by atoms with Crippen LogP contribution in [0.5, 0.6) is 0 Å². The van der Waals surface area contributed by atoms with E-state index >= 15 is 0 Å². The Balaban J connectivity index is 1.50. The molecule has 4 aliphatic rings. The fourth-order valence-electron chi connectivity index (χ4n) is 5.36. The summed E-state index contributed by atoms with van der Waals surface area (Å²) in [5.41, 5.74) is 0. The van der Waals surface area contributed by atoms with Gasteiger partial charge in [0.25, 0.3) is 0 Å². The van der Waals surface area contributed by atoms with Crippen molar-refractivity contribution in [2.75, 3.05) is 13.2 Å². The SMILES string of the molecule is CCCNC(C1=CCCCO1)C1C2C3CCC(C3)C21. The summed E-state index contributed by atoms with van der Waals surface area (Å²) in [6.07, 6.45) is 10.6. The van der Waals surface area contributed by atoms with Gasteiger partial charge < -0.3 is 10.1 Å². The lowest BCUT2D eigenvalue weighted by Crippen LogP contribution is -2.37. The van der Waals surface area contributed by atoms with E-state index in [9.17, 15) is 0 Å². The Kier molecular flexibility index (Phi) is 3.10. The highest BCUT2D eigenvalue weighted by Crippen LogP contribution is 2.70. The van der Waals surface area contributed by atoms with Crippen molar-refractivity contribution in [3.05, 3.63) is 11.8 Å². The summed E-state index contributed by atoms with van der Waals surface area (Å²) in [5.74, 6) is 6.41. The number of rotatable bonds is 5. The third-order valence-electron chi connectivity index (χ3n) is 6.06. The van der Waals surface area contributed by atoms with Gasteiger partial charge in [0.1, 0.15) is 5.76 Å². The van der Waals surface area contributed by atoms with Crippen molar-refractivity contribution < 1.29 is 4.74 Å². The molecule has 1 heterocycles. The molecular formula is C17H27NO. The molecule has 0 aromatic heterocycles. The molecule has 0 amide bonds. The lowest BCUT2D eigenvalue weighted by Gasteiger charge is -2.27. The minimum Gasteiger partial charge on any atom is -0.497 e. The first-order valence-electron chi connectivity index (χ1n) is 8.46. The molecule has 1 N–H and O–H groups in total. The van der Waals surface area contributed by atoms with Crippen LogP contribution >= 0.6 is 0 Å². The average molecular weight is 261 g/mol. The highest BCUT2D eigenvalue weighted by molar-refractivity contribution is 5.22. The Bertz CT molecular complexity index is 361. The Morgan fingerprint density at radius 1 is 1.32 bits per heavy atom. The maximum absolute atomic E-state index is 5.99. The zero-order valence-corrected chi connectivity index (χ0v) is 12.1. The third-order valence-corrected chi connectivity index (χ3v) is 6.06. The van der Waals surface area contributed by atoms with E-state index in [2.05, 4.69) is 18.3 Å². The van der Waals surface area contributed by atoms with Crippen LogP contribution in [0.1, 0.15) is 45.4 Å². The molecule has 3 fully saturated rings. The van der Waals surface area contributed by atoms with Gasteiger partial charge in [-0.3, -0.25) is 0 Å². The van der Waals surface area contributed by atoms with E-state index in [1.54, 1.807) is 6.42 Å². The monoisotopic (exact) mass is 261 g/mol. The molecule has 0 aromatic rings. The molecule has 106 valence electrons. The van der Waals surface area contributed by atoms with Crippen LogP contribution in [-0.2, 0) is 4.74 Å². The smallest absolute Gasteiger partial charge is 0.109 e. The lowest BCUT2D eigenvalue weighted by molar-refractivity contribution is 0.156. The summed E-state index contributed by atoms with van der Waals surface area (Å²) >= 11 is 0. The quantitative estimate of drug-likeness (QED) is 0.819. The van der Waals surface area contributed by atoms with Gasteiger partial charge in [0.2, 0.25) is 0 Å². The van der Waals surface area contributed by atoms with Crippen molar-refractivity contribution in [2.24, 2.45) is 29.6 Å². The maximum atomic E-state index is 5.99. The van der Waals surface area contributed by atoms with Gasteiger partial charge in [0.15, 0.2) is 0 Å². The normalized spacial score (nSPS) is 44.5. The highest BCUT2D eigenvalue weighted by atomic mass is 16.5. The van der Waals surface area contributed by atoms with E-state index in [0.29, 0.717) is 6.04 Å². The average Bonchev–Trinajstić information content (AvgIpc) is 2.88. The maximum Gasteiger partial charge on any atom is 0.109 e. The largest absolute Gasteiger partial charge is 0.497 e. The number of allylic oxidation sites excluding steroid dienone is 1. The molecule has 0 saturated heterocycles. The predicted molar refractivity (Wildman–Crippen MR) is 76.7 cm³/mol. The Hall–Kier alpha value is -0.500. The number of hydrogen-bond acceptors (Lipinski definition) is 2. The molecule has 3 saturated carbocycles. The summed E-state index contributed by atoms with van der Waals surface area (Å²) < 4.78 is 5.99. The summed E-state index contributed by atoms with van der Waals surface area (Å²) in [6, 6.07) is 0.540. The molecule has 2 heteroatoms. The first-order chi connectivity index (χ1) is 9.40. The molecular weight excluding hydrogens is 234 g/mol. The topological polar surface area (TPSA) is 21.3 Å². The second-order valence-electron chi connectivity index (χ2n) is 7.09. The Labute approximate surface area is 117 Å². The van der Waals surface area contributed by atoms with E-state index in [0.717, 1.165) is 42.7 Å². The Morgan fingerprint density at radius 2 is 2.11 bits per heavy atom. The van der Waals surface area contributed by atoms with Crippen molar-refractivity contribution in [2.45, 2.75) is 51.5 Å². The molecule has 1 aliphatic heterocycles. The summed E-state index contributed by atoms with van der Waals surface area (Å²) in [7, 11) is 0. The number of ether oxygens (including phenoxy) is 1. The second kappa shape index (κ2) is 4.80. The summed E-state index contributed by atoms with van der Waals surface area (Å²) in [4.78, 5) is 0. The number of fused-ring (bicyclic) bond motifs is 5. The van der Waals surface area contributed by atoms with Crippen LogP contribution in [0.3, 0.4) is 0 Å². The summed E-state index contributed by atoms with van der Waals surface area (Å²) in [5, 5.41) is 3.81. The van der Waals surface area contributed by atoms with Gasteiger partial charge in [-0.1, -0.05) is 6.92 Å². The van der Waals surface area contributed by atoms with Gasteiger partial charge in [-0.25, -0.2) is 0 Å². The molecule has 0 aromatic carbocycles. The van der Waals surface area contributed by atoms with Crippen molar-refractivity contribution in [3.63, 3.8) is 0 Å². The first-order valence-corrected chi connectivity index (χ1v) is 8.46. The molecule has 5 atom stereocenters. The molecule has 2 nitrogen and oxygen atoms in total. The van der Waals surface area contributed by atoms with Crippen molar-refractivity contribution in [1.82, 2.24) is 5.32 Å². The predicted octanol–water partition coefficient (Wildman–Crippen LogP) is 3.34. The molecule has 3 aliphatic carbocycles. The Morgan fingerprint density at radius 3 is 2.74 bits per heavy atom. The zero-order valence-electron chi connectivity index (χ0n) is 12.1. The van der Waals surface area contributed by atoms with Crippen molar-refractivity contribution in [3.8, 4) is 0 Å². The van der Waals surface area contributed by atoms with E-state index in [1.165, 1.54) is 37.9 Å². The number of hydrogen-bond donors (Lipinski definition) is 1. The van der Waals surface area contributed by atoms with Crippen LogP contribution in [-0.4, -0.2) is 19.2 Å². The van der Waals surface area contributed by atoms with E-state index < -0.39 is 0 Å². The van der Waals surface area contributed by atoms with Crippen molar-refractivity contribution >= 4 is 0 Å². The van der Waals surface area contributed by atoms with E-state index in [4.69, 9.17) is 4.74 Å². The van der Waals surface area contributed by atoms with Gasteiger partial charge in [0.05, 0.1) is 12.6 Å². The zero-order chi connectivity index (χ0) is 12.8. The van der Waals surface area contributed by atoms with Gasteiger partial charge in [-0.05, 0) is 80.7 Å². The van der Waals surface area contributed by atoms with Crippen LogP contribution in [0.4, 0.5) is 0 Å². The van der Waals surface area contributed by atoms with Gasteiger partial charge >= 0.3 is 0 Å². The van der Waals surface area contributed by atoms with Gasteiger partial charge in [-0.2, -0.15) is 0 Å². The van der Waals surface area contributed by atoms with Gasteiger partial charge in [-0.15, -0.1) is 0 Å². The molecule has 0 radical (unpaired) electrons. The van der Waals surface area contributed by atoms with Crippen molar-refractivity contribution in [1.29, 1.82) is 0 Å². The highest BCUT2D eigenvalue weighted by Gasteiger charge is 2.67. The first kappa shape index (κ1) is 12.3. The fourth-order valence-corrected chi connectivity index (χ4v) is 5.36. The standard InChI is InChI=1S/C17H27NO/c1-2-8-18-17(13-5-3-4-9-19-13)16-14-11-6-7-12(10-11)15(14)16/h5,11-12,14-18H,2-4,6-10H2,1H3. The van der Waals surface area contributed by atoms with Crippen LogP contribution in [0, 0.1) is 29.6 Å². The minimum absolute atomic E-state index is 0.540. The second-order valence-corrected chi connectivity index (χ2v) is 7.09. The third kappa shape index (κ3) is 1.94. The summed E-state index contributed by atoms with van der Waals surface area (Å²) in [6.45, 7) is 4.33. The van der Waals surface area contributed by atoms with E-state index in [1.807, 2.05) is 0 Å². The van der Waals surface area contributed by atoms with Gasteiger partial charge in [0, 0.05) is 0 Å². The molecule has 5 unspecified atom stereocenters. The molecule has 19 heavy (non-hydrogen) atoms. The molecule has 2 bridgehead atoms. The van der Waals surface area contributed by atoms with E-state index in [-0.39, 0.29) is 0 Å². The molecule has 4 rings (SSSR count).